The summed E-state index contributed by atoms with van der Waals surface area (Å²) in [5, 5.41) is 4.45. The van der Waals surface area contributed by atoms with Crippen molar-refractivity contribution >= 4 is 22.5 Å². The highest BCUT2D eigenvalue weighted by atomic mass is 16.5. The monoisotopic (exact) mass is 449 g/mol. The molecule has 0 unspecified atom stereocenters. The number of nitrogens with one attached hydrogen (secondary N) is 1. The van der Waals surface area contributed by atoms with Crippen LogP contribution in [0.3, 0.4) is 0 Å². The van der Waals surface area contributed by atoms with Gasteiger partial charge in [0.1, 0.15) is 23.5 Å². The second kappa shape index (κ2) is 9.79. The Morgan fingerprint density at radius 1 is 1.03 bits per heavy atom. The zero-order valence-electron chi connectivity index (χ0n) is 19.3. The van der Waals surface area contributed by atoms with Crippen molar-refractivity contribution in [1.29, 1.82) is 0 Å². The third kappa shape index (κ3) is 5.11. The van der Waals surface area contributed by atoms with Gasteiger partial charge in [0.25, 0.3) is 0 Å². The van der Waals surface area contributed by atoms with Crippen molar-refractivity contribution in [2.24, 2.45) is 0 Å². The molecule has 4 heterocycles. The molecule has 33 heavy (non-hydrogen) atoms. The van der Waals surface area contributed by atoms with Gasteiger partial charge in [-0.05, 0) is 50.3 Å². The smallest absolute Gasteiger partial charge is 0.225 e. The summed E-state index contributed by atoms with van der Waals surface area (Å²) >= 11 is 0. The van der Waals surface area contributed by atoms with E-state index in [4.69, 9.17) is 19.2 Å². The number of nitrogens with zero attached hydrogens (tertiary/aromatic N) is 4. The van der Waals surface area contributed by atoms with Gasteiger partial charge in [0.05, 0.1) is 37.4 Å². The van der Waals surface area contributed by atoms with E-state index in [2.05, 4.69) is 33.2 Å². The lowest BCUT2D eigenvalue weighted by molar-refractivity contribution is 0.122. The number of fused-ring (bicyclic) bond motifs is 1. The second-order valence-corrected chi connectivity index (χ2v) is 8.78. The SMILES string of the molecule is COc1cnc2cc(N3CCOCC3)nc(OC3CCC(Nc4ccc(C)cn4)CC3)c2c1. The van der Waals surface area contributed by atoms with E-state index in [0.717, 1.165) is 61.3 Å². The van der Waals surface area contributed by atoms with E-state index in [0.29, 0.717) is 30.9 Å². The number of rotatable bonds is 6. The molecule has 0 aromatic carbocycles. The van der Waals surface area contributed by atoms with Gasteiger partial charge in [0.2, 0.25) is 5.88 Å². The molecule has 3 aromatic rings. The number of aromatic nitrogens is 3. The van der Waals surface area contributed by atoms with Gasteiger partial charge in [-0.15, -0.1) is 0 Å². The molecule has 0 atom stereocenters. The van der Waals surface area contributed by atoms with E-state index in [1.54, 1.807) is 13.3 Å². The van der Waals surface area contributed by atoms with Crippen LogP contribution in [0.4, 0.5) is 11.6 Å². The molecular weight excluding hydrogens is 418 g/mol. The minimum atomic E-state index is 0.121. The zero-order valence-corrected chi connectivity index (χ0v) is 19.3. The molecule has 8 heteroatoms. The van der Waals surface area contributed by atoms with Gasteiger partial charge in [-0.3, -0.25) is 4.98 Å². The fraction of sp³-hybridized carbons (Fsp3) is 0.480. The van der Waals surface area contributed by atoms with E-state index in [9.17, 15) is 0 Å². The van der Waals surface area contributed by atoms with Crippen molar-refractivity contribution in [2.45, 2.75) is 44.8 Å². The van der Waals surface area contributed by atoms with Crippen LogP contribution in [-0.4, -0.2) is 60.5 Å². The van der Waals surface area contributed by atoms with E-state index in [-0.39, 0.29) is 6.10 Å². The van der Waals surface area contributed by atoms with E-state index < -0.39 is 0 Å². The zero-order chi connectivity index (χ0) is 22.6. The summed E-state index contributed by atoms with van der Waals surface area (Å²) in [7, 11) is 1.65. The number of methoxy groups -OCH3 is 1. The summed E-state index contributed by atoms with van der Waals surface area (Å²) in [5.74, 6) is 3.16. The van der Waals surface area contributed by atoms with Crippen LogP contribution in [0.1, 0.15) is 31.2 Å². The van der Waals surface area contributed by atoms with Gasteiger partial charge < -0.3 is 24.4 Å². The van der Waals surface area contributed by atoms with Crippen molar-refractivity contribution < 1.29 is 14.2 Å². The molecule has 0 amide bonds. The maximum Gasteiger partial charge on any atom is 0.225 e. The summed E-state index contributed by atoms with van der Waals surface area (Å²) in [6.07, 6.45) is 7.75. The summed E-state index contributed by atoms with van der Waals surface area (Å²) in [6.45, 7) is 5.10. The van der Waals surface area contributed by atoms with Crippen LogP contribution in [0, 0.1) is 6.92 Å². The predicted molar refractivity (Wildman–Crippen MR) is 128 cm³/mol. The van der Waals surface area contributed by atoms with E-state index in [1.807, 2.05) is 24.4 Å². The van der Waals surface area contributed by atoms with Crippen LogP contribution in [0.25, 0.3) is 10.9 Å². The van der Waals surface area contributed by atoms with Crippen molar-refractivity contribution in [3.05, 3.63) is 42.2 Å². The van der Waals surface area contributed by atoms with Crippen molar-refractivity contribution in [3.63, 3.8) is 0 Å². The van der Waals surface area contributed by atoms with Gasteiger partial charge >= 0.3 is 0 Å². The van der Waals surface area contributed by atoms with Gasteiger partial charge in [-0.2, -0.15) is 4.98 Å². The lowest BCUT2D eigenvalue weighted by atomic mass is 9.93. The van der Waals surface area contributed by atoms with Gasteiger partial charge in [-0.25, -0.2) is 4.98 Å². The molecule has 174 valence electrons. The summed E-state index contributed by atoms with van der Waals surface area (Å²) in [5.41, 5.74) is 2.03. The molecule has 8 nitrogen and oxygen atoms in total. The molecule has 0 bridgehead atoms. The quantitative estimate of drug-likeness (QED) is 0.605. The number of pyridine rings is 3. The summed E-state index contributed by atoms with van der Waals surface area (Å²) in [4.78, 5) is 16.2. The Bertz CT molecular complexity index is 1080. The Labute approximate surface area is 194 Å². The Morgan fingerprint density at radius 3 is 2.58 bits per heavy atom. The number of anilines is 2. The molecule has 1 aliphatic carbocycles. The molecular formula is C25H31N5O3. The molecule has 0 radical (unpaired) electrons. The third-order valence-electron chi connectivity index (χ3n) is 6.39. The first kappa shape index (κ1) is 21.7. The van der Waals surface area contributed by atoms with Crippen LogP contribution in [0.5, 0.6) is 11.6 Å². The molecule has 1 N–H and O–H groups in total. The van der Waals surface area contributed by atoms with E-state index in [1.165, 1.54) is 5.56 Å². The number of hydrogen-bond acceptors (Lipinski definition) is 8. The highest BCUT2D eigenvalue weighted by molar-refractivity contribution is 5.87. The average molecular weight is 450 g/mol. The first-order valence-corrected chi connectivity index (χ1v) is 11.7. The highest BCUT2D eigenvalue weighted by Crippen LogP contribution is 2.33. The average Bonchev–Trinajstić information content (AvgIpc) is 2.87. The number of hydrogen-bond donors (Lipinski definition) is 1. The van der Waals surface area contributed by atoms with Crippen LogP contribution in [-0.2, 0) is 4.74 Å². The standard InChI is InChI=1S/C25H31N5O3/c1-17-3-8-23(27-15-17)28-18-4-6-19(7-5-18)33-25-21-13-20(31-2)16-26-22(21)14-24(29-25)30-9-11-32-12-10-30/h3,8,13-16,18-19H,4-7,9-12H2,1-2H3,(H,27,28). The van der Waals surface area contributed by atoms with Gasteiger partial charge in [0, 0.05) is 31.4 Å². The number of aryl methyl sites for hydroxylation is 1. The first-order valence-electron chi connectivity index (χ1n) is 11.7. The highest BCUT2D eigenvalue weighted by Gasteiger charge is 2.25. The molecule has 1 saturated heterocycles. The maximum absolute atomic E-state index is 6.51. The predicted octanol–water partition coefficient (Wildman–Crippen LogP) is 3.98. The third-order valence-corrected chi connectivity index (χ3v) is 6.39. The van der Waals surface area contributed by atoms with Crippen molar-refractivity contribution in [2.75, 3.05) is 43.6 Å². The molecule has 0 spiro atoms. The minimum Gasteiger partial charge on any atom is -0.495 e. The lowest BCUT2D eigenvalue weighted by Crippen LogP contribution is -2.37. The molecule has 2 aliphatic rings. The minimum absolute atomic E-state index is 0.121. The van der Waals surface area contributed by atoms with Crippen molar-refractivity contribution in [3.8, 4) is 11.6 Å². The molecule has 1 saturated carbocycles. The molecule has 5 rings (SSSR count). The molecule has 3 aromatic heterocycles. The van der Waals surface area contributed by atoms with Gasteiger partial charge in [0.15, 0.2) is 0 Å². The summed E-state index contributed by atoms with van der Waals surface area (Å²) < 4.78 is 17.4. The van der Waals surface area contributed by atoms with Crippen LogP contribution in [0.2, 0.25) is 0 Å². The Hall–Kier alpha value is -3.13. The second-order valence-electron chi connectivity index (χ2n) is 8.78. The number of morpholine rings is 1. The normalized spacial score (nSPS) is 21.1. The van der Waals surface area contributed by atoms with E-state index >= 15 is 0 Å². The van der Waals surface area contributed by atoms with Crippen LogP contribution in [0.15, 0.2) is 36.7 Å². The molecule has 2 fully saturated rings. The fourth-order valence-electron chi connectivity index (χ4n) is 4.46. The summed E-state index contributed by atoms with van der Waals surface area (Å²) in [6, 6.07) is 8.54. The fourth-order valence-corrected chi connectivity index (χ4v) is 4.46. The van der Waals surface area contributed by atoms with Crippen LogP contribution < -0.4 is 19.7 Å². The Kier molecular flexibility index (Phi) is 6.44. The largest absolute Gasteiger partial charge is 0.495 e. The molecule has 1 aliphatic heterocycles. The van der Waals surface area contributed by atoms with Gasteiger partial charge in [-0.1, -0.05) is 6.07 Å². The first-order chi connectivity index (χ1) is 16.2. The van der Waals surface area contributed by atoms with Crippen LogP contribution >= 0.6 is 0 Å². The Morgan fingerprint density at radius 2 is 1.85 bits per heavy atom. The van der Waals surface area contributed by atoms with Crippen molar-refractivity contribution in [1.82, 2.24) is 15.0 Å². The Balaban J connectivity index is 1.31. The number of ether oxygens (including phenoxy) is 3. The lowest BCUT2D eigenvalue weighted by Gasteiger charge is -2.31. The topological polar surface area (TPSA) is 81.6 Å². The maximum atomic E-state index is 6.51.